The second kappa shape index (κ2) is 13.3. The number of allylic oxidation sites excluding steroid dienone is 3. The molecule has 0 bridgehead atoms. The predicted octanol–water partition coefficient (Wildman–Crippen LogP) is 6.18. The fourth-order valence-electron chi connectivity index (χ4n) is 4.53. The molecule has 2 unspecified atom stereocenters. The number of methoxy groups -OCH3 is 1. The molecule has 0 fully saturated rings. The van der Waals surface area contributed by atoms with Gasteiger partial charge in [0.2, 0.25) is 0 Å². The number of unbranched alkanes of at least 4 members (excludes halogenated alkanes) is 3. The molecule has 0 aliphatic heterocycles. The third-order valence-electron chi connectivity index (χ3n) is 6.31. The lowest BCUT2D eigenvalue weighted by Gasteiger charge is -2.24. The molecule has 0 heterocycles. The minimum absolute atomic E-state index is 0.0444. The van der Waals surface area contributed by atoms with Crippen LogP contribution in [0.3, 0.4) is 0 Å². The maximum atomic E-state index is 11.9. The minimum Gasteiger partial charge on any atom is -0.469 e. The summed E-state index contributed by atoms with van der Waals surface area (Å²) in [7, 11) is 1.40. The van der Waals surface area contributed by atoms with Gasteiger partial charge < -0.3 is 14.6 Å². The number of ether oxygens (including phenoxy) is 2. The Labute approximate surface area is 198 Å². The molecule has 5 heteroatoms. The Morgan fingerprint density at radius 2 is 1.85 bits per heavy atom. The zero-order valence-corrected chi connectivity index (χ0v) is 20.6. The summed E-state index contributed by atoms with van der Waals surface area (Å²) >= 11 is 0. The van der Waals surface area contributed by atoms with Crippen molar-refractivity contribution in [3.05, 3.63) is 59.7 Å². The van der Waals surface area contributed by atoms with Gasteiger partial charge in [0, 0.05) is 25.2 Å². The number of hydrogen-bond acceptors (Lipinski definition) is 5. The third-order valence-corrected chi connectivity index (χ3v) is 6.31. The Hall–Kier alpha value is -2.40. The average molecular weight is 457 g/mol. The molecule has 1 N–H and O–H groups in total. The van der Waals surface area contributed by atoms with E-state index in [1.165, 1.54) is 14.0 Å². The first-order valence-electron chi connectivity index (χ1n) is 12.2. The molecule has 0 aromatic heterocycles. The van der Waals surface area contributed by atoms with Gasteiger partial charge in [-0.1, -0.05) is 74.8 Å². The number of rotatable bonds is 13. The van der Waals surface area contributed by atoms with Crippen LogP contribution in [0.5, 0.6) is 0 Å². The predicted molar refractivity (Wildman–Crippen MR) is 131 cm³/mol. The maximum absolute atomic E-state index is 11.9. The number of fused-ring (bicyclic) bond motifs is 1. The quantitative estimate of drug-likeness (QED) is 0.218. The lowest BCUT2D eigenvalue weighted by molar-refractivity contribution is -0.149. The topological polar surface area (TPSA) is 72.8 Å². The lowest BCUT2D eigenvalue weighted by atomic mass is 9.86. The first kappa shape index (κ1) is 26.8. The van der Waals surface area contributed by atoms with Crippen LogP contribution >= 0.6 is 0 Å². The zero-order valence-electron chi connectivity index (χ0n) is 20.6. The molecule has 0 spiro atoms. The SMILES string of the molecule is CCCCCC(C)(O)C=CC1c2ccccc2[C@@H](OC(C)=O)[C@@H]1C/C=C\CCCC(=O)OC. The standard InChI is InChI=1S/C28H40O5/c1-5-6-13-19-28(3,31)20-18-23-22-14-11-12-16-24(22)27(33-21(2)29)25(23)15-9-7-8-10-17-26(30)32-4/h7,9,11-12,14,16,18,20,23,25,27,31H,5-6,8,10,13,15,17,19H2,1-4H3/b9-7-,20-18?/t23?,25-,27-,28?/m1/s1. The Bertz CT molecular complexity index is 823. The molecule has 4 atom stereocenters. The van der Waals surface area contributed by atoms with E-state index in [2.05, 4.69) is 36.0 Å². The van der Waals surface area contributed by atoms with E-state index in [1.807, 2.05) is 31.2 Å². The summed E-state index contributed by atoms with van der Waals surface area (Å²) < 4.78 is 10.5. The van der Waals surface area contributed by atoms with Gasteiger partial charge in [0.15, 0.2) is 0 Å². The molecule has 0 radical (unpaired) electrons. The van der Waals surface area contributed by atoms with Gasteiger partial charge in [-0.2, -0.15) is 0 Å². The highest BCUT2D eigenvalue weighted by Crippen LogP contribution is 2.50. The van der Waals surface area contributed by atoms with Crippen molar-refractivity contribution in [3.63, 3.8) is 0 Å². The van der Waals surface area contributed by atoms with E-state index in [0.717, 1.165) is 56.1 Å². The Kier molecular flexibility index (Phi) is 10.9. The van der Waals surface area contributed by atoms with E-state index in [-0.39, 0.29) is 29.9 Å². The van der Waals surface area contributed by atoms with E-state index in [1.54, 1.807) is 0 Å². The molecule has 1 aliphatic rings. The fourth-order valence-corrected chi connectivity index (χ4v) is 4.53. The molecule has 0 amide bonds. The second-order valence-corrected chi connectivity index (χ2v) is 9.20. The van der Waals surface area contributed by atoms with Crippen LogP contribution in [0.15, 0.2) is 48.6 Å². The van der Waals surface area contributed by atoms with E-state index < -0.39 is 5.60 Å². The summed E-state index contributed by atoms with van der Waals surface area (Å²) in [5.74, 6) is -0.396. The first-order chi connectivity index (χ1) is 15.8. The van der Waals surface area contributed by atoms with E-state index >= 15 is 0 Å². The van der Waals surface area contributed by atoms with E-state index in [4.69, 9.17) is 4.74 Å². The van der Waals surface area contributed by atoms with E-state index in [9.17, 15) is 14.7 Å². The van der Waals surface area contributed by atoms with Crippen LogP contribution in [0, 0.1) is 5.92 Å². The van der Waals surface area contributed by atoms with Crippen molar-refractivity contribution in [3.8, 4) is 0 Å². The molecular formula is C28H40O5. The third kappa shape index (κ3) is 8.47. The Morgan fingerprint density at radius 1 is 1.12 bits per heavy atom. The Morgan fingerprint density at radius 3 is 2.52 bits per heavy atom. The van der Waals surface area contributed by atoms with Crippen LogP contribution in [0.4, 0.5) is 0 Å². The first-order valence-corrected chi connectivity index (χ1v) is 12.2. The highest BCUT2D eigenvalue weighted by atomic mass is 16.5. The molecule has 2 rings (SSSR count). The number of carbonyl (C=O) groups is 2. The van der Waals surface area contributed by atoms with Crippen molar-refractivity contribution in [2.45, 2.75) is 89.8 Å². The van der Waals surface area contributed by atoms with Gasteiger partial charge in [-0.05, 0) is 43.7 Å². The molecule has 5 nitrogen and oxygen atoms in total. The number of aliphatic hydroxyl groups is 1. The number of esters is 2. The van der Waals surface area contributed by atoms with Crippen molar-refractivity contribution in [1.82, 2.24) is 0 Å². The molecule has 0 saturated heterocycles. The fraction of sp³-hybridized carbons (Fsp3) is 0.571. The summed E-state index contributed by atoms with van der Waals surface area (Å²) in [5.41, 5.74) is 1.32. The molecule has 1 aromatic carbocycles. The van der Waals surface area contributed by atoms with Gasteiger partial charge in [0.1, 0.15) is 6.10 Å². The number of benzene rings is 1. The van der Waals surface area contributed by atoms with Gasteiger partial charge in [-0.25, -0.2) is 0 Å². The normalized spacial score (nSPS) is 21.8. The molecule has 1 aromatic rings. The second-order valence-electron chi connectivity index (χ2n) is 9.20. The monoisotopic (exact) mass is 456 g/mol. The molecule has 33 heavy (non-hydrogen) atoms. The van der Waals surface area contributed by atoms with Gasteiger partial charge in [-0.3, -0.25) is 9.59 Å². The van der Waals surface area contributed by atoms with Crippen LogP contribution in [0.1, 0.15) is 95.3 Å². The Balaban J connectivity index is 2.19. The summed E-state index contributed by atoms with van der Waals surface area (Å²) in [5, 5.41) is 10.9. The largest absolute Gasteiger partial charge is 0.469 e. The molecule has 0 saturated carbocycles. The highest BCUT2D eigenvalue weighted by molar-refractivity contribution is 5.69. The highest BCUT2D eigenvalue weighted by Gasteiger charge is 2.40. The van der Waals surface area contributed by atoms with Crippen LogP contribution in [0.2, 0.25) is 0 Å². The summed E-state index contributed by atoms with van der Waals surface area (Å²) in [6.07, 6.45) is 14.5. The average Bonchev–Trinajstić information content (AvgIpc) is 3.06. The van der Waals surface area contributed by atoms with Crippen molar-refractivity contribution in [2.24, 2.45) is 5.92 Å². The zero-order chi connectivity index (χ0) is 24.3. The van der Waals surface area contributed by atoms with Crippen molar-refractivity contribution in [2.75, 3.05) is 7.11 Å². The van der Waals surface area contributed by atoms with Crippen LogP contribution in [-0.2, 0) is 19.1 Å². The van der Waals surface area contributed by atoms with Crippen LogP contribution in [-0.4, -0.2) is 29.8 Å². The van der Waals surface area contributed by atoms with Gasteiger partial charge in [0.05, 0.1) is 12.7 Å². The molecule has 182 valence electrons. The van der Waals surface area contributed by atoms with Crippen molar-refractivity contribution < 1.29 is 24.2 Å². The summed E-state index contributed by atoms with van der Waals surface area (Å²) in [6.45, 7) is 5.46. The lowest BCUT2D eigenvalue weighted by Crippen LogP contribution is -2.21. The van der Waals surface area contributed by atoms with Gasteiger partial charge in [-0.15, -0.1) is 0 Å². The number of carbonyl (C=O) groups excluding carboxylic acids is 2. The van der Waals surface area contributed by atoms with Gasteiger partial charge in [0.25, 0.3) is 0 Å². The van der Waals surface area contributed by atoms with Crippen molar-refractivity contribution in [1.29, 1.82) is 0 Å². The van der Waals surface area contributed by atoms with Crippen LogP contribution in [0.25, 0.3) is 0 Å². The summed E-state index contributed by atoms with van der Waals surface area (Å²) in [6, 6.07) is 8.10. The smallest absolute Gasteiger partial charge is 0.305 e. The van der Waals surface area contributed by atoms with Crippen LogP contribution < -0.4 is 0 Å². The molecular weight excluding hydrogens is 416 g/mol. The maximum Gasteiger partial charge on any atom is 0.305 e. The number of hydrogen-bond donors (Lipinski definition) is 1. The summed E-state index contributed by atoms with van der Waals surface area (Å²) in [4.78, 5) is 23.2. The van der Waals surface area contributed by atoms with E-state index in [0.29, 0.717) is 6.42 Å². The minimum atomic E-state index is -0.863. The molecule has 1 aliphatic carbocycles. The van der Waals surface area contributed by atoms with Gasteiger partial charge >= 0.3 is 11.9 Å². The van der Waals surface area contributed by atoms with Crippen molar-refractivity contribution >= 4 is 11.9 Å².